The smallest absolute Gasteiger partial charge is 0.311 e. The van der Waals surface area contributed by atoms with Crippen molar-refractivity contribution in [3.8, 4) is 0 Å². The lowest BCUT2D eigenvalue weighted by molar-refractivity contribution is -0.310. The number of carboxylic acid groups (broad SMARTS) is 1. The Morgan fingerprint density at radius 3 is 1.94 bits per heavy atom. The van der Waals surface area contributed by atoms with E-state index in [4.69, 9.17) is 24.7 Å². The van der Waals surface area contributed by atoms with Gasteiger partial charge in [0.05, 0.1) is 79.6 Å². The van der Waals surface area contributed by atoms with Crippen molar-refractivity contribution in [1.29, 1.82) is 0 Å². The third-order valence-corrected chi connectivity index (χ3v) is 12.2. The first-order valence-corrected chi connectivity index (χ1v) is 22.6. The normalized spacial score (nSPS) is 45.2. The molecule has 0 spiro atoms. The lowest BCUT2D eigenvalue weighted by atomic mass is 9.82. The molecule has 0 aliphatic carbocycles. The van der Waals surface area contributed by atoms with Gasteiger partial charge < -0.3 is 80.9 Å². The number of ether oxygens (including phenoxy) is 4. The first-order chi connectivity index (χ1) is 30.6. The van der Waals surface area contributed by atoms with Crippen molar-refractivity contribution in [1.82, 2.24) is 0 Å². The maximum absolute atomic E-state index is 12.6. The van der Waals surface area contributed by atoms with Gasteiger partial charge in [-0.05, 0) is 52.4 Å². The van der Waals surface area contributed by atoms with E-state index in [9.17, 15) is 65.8 Å². The van der Waals surface area contributed by atoms with Gasteiger partial charge in [-0.2, -0.15) is 0 Å². The maximum atomic E-state index is 12.6. The van der Waals surface area contributed by atoms with Gasteiger partial charge >= 0.3 is 11.9 Å². The summed E-state index contributed by atoms with van der Waals surface area (Å²) in [6.07, 6.45) is 2.28. The molecule has 3 aliphatic heterocycles. The van der Waals surface area contributed by atoms with E-state index in [0.29, 0.717) is 0 Å². The number of nitrogens with two attached hydrogens (primary N) is 1. The zero-order valence-electron chi connectivity index (χ0n) is 37.8. The van der Waals surface area contributed by atoms with E-state index < -0.39 is 141 Å². The molecule has 0 amide bonds. The quantitative estimate of drug-likeness (QED) is 0.175. The van der Waals surface area contributed by atoms with Gasteiger partial charge in [0.15, 0.2) is 12.1 Å². The molecular weight excluding hydrogens is 851 g/mol. The number of aliphatic hydroxyl groups excluding tert-OH is 9. The highest BCUT2D eigenvalue weighted by molar-refractivity contribution is 5.71. The number of fused-ring (bicyclic) bond motifs is 2. The Balaban J connectivity index is 1.84. The Morgan fingerprint density at radius 1 is 0.692 bits per heavy atom. The summed E-state index contributed by atoms with van der Waals surface area (Å²) in [7, 11) is 0. The number of aliphatic hydroxyl groups is 10. The van der Waals surface area contributed by atoms with Crippen LogP contribution >= 0.6 is 0 Å². The van der Waals surface area contributed by atoms with Crippen molar-refractivity contribution in [2.75, 3.05) is 0 Å². The number of esters is 1. The molecule has 370 valence electrons. The van der Waals surface area contributed by atoms with Crippen molar-refractivity contribution < 1.29 is 84.7 Å². The molecule has 0 aromatic rings. The van der Waals surface area contributed by atoms with Crippen molar-refractivity contribution in [2.45, 2.75) is 189 Å². The third kappa shape index (κ3) is 18.8. The van der Waals surface area contributed by atoms with E-state index in [1.54, 1.807) is 38.2 Å². The molecule has 0 saturated carbocycles. The summed E-state index contributed by atoms with van der Waals surface area (Å²) in [6.45, 7) is 6.78. The van der Waals surface area contributed by atoms with Gasteiger partial charge in [0.1, 0.15) is 18.1 Å². The Morgan fingerprint density at radius 2 is 1.28 bits per heavy atom. The fourth-order valence-electron chi connectivity index (χ4n) is 8.11. The van der Waals surface area contributed by atoms with E-state index >= 15 is 0 Å². The van der Waals surface area contributed by atoms with Crippen LogP contribution in [0.1, 0.15) is 91.9 Å². The molecule has 18 heteroatoms. The van der Waals surface area contributed by atoms with Crippen LogP contribution in [-0.2, 0) is 28.5 Å². The summed E-state index contributed by atoms with van der Waals surface area (Å²) in [5, 5.41) is 118. The summed E-state index contributed by atoms with van der Waals surface area (Å²) >= 11 is 0. The SMILES string of the molecule is CC1OC(O[C@H]2/C=C/C=C/C=C/C=C/CC/C=C/C=C/[C@H](C)[C@@H](O)[C@@H](C)[C@H](C)OC(=O)C[C@H](O)C[C@H](O)C[C@H](O)CC[C@@H](O)[C@H](O)C[C@]3(O)C[C@H](O)[C@@H](C(=O)O)[C@H](C2)O3)C(O)C(N)C1O. The number of carboxylic acids is 1. The van der Waals surface area contributed by atoms with Crippen LogP contribution in [-0.4, -0.2) is 166 Å². The number of hydrogen-bond acceptors (Lipinski definition) is 17. The lowest BCUT2D eigenvalue weighted by Crippen LogP contribution is -2.61. The van der Waals surface area contributed by atoms with Gasteiger partial charge in [-0.25, -0.2) is 0 Å². The lowest BCUT2D eigenvalue weighted by Gasteiger charge is -2.45. The highest BCUT2D eigenvalue weighted by atomic mass is 16.7. The zero-order valence-corrected chi connectivity index (χ0v) is 37.8. The molecule has 0 radical (unpaired) electrons. The molecule has 0 aromatic carbocycles. The highest BCUT2D eigenvalue weighted by Gasteiger charge is 2.51. The van der Waals surface area contributed by atoms with Crippen LogP contribution in [0.2, 0.25) is 0 Å². The van der Waals surface area contributed by atoms with E-state index in [2.05, 4.69) is 0 Å². The Hall–Kier alpha value is -3.18. The monoisotopic (exact) mass is 926 g/mol. The molecule has 3 rings (SSSR count). The predicted octanol–water partition coefficient (Wildman–Crippen LogP) is 0.936. The van der Waals surface area contributed by atoms with Crippen LogP contribution in [0.25, 0.3) is 0 Å². The molecule has 3 aliphatic rings. The van der Waals surface area contributed by atoms with Crippen LogP contribution in [0.3, 0.4) is 0 Å². The fourth-order valence-corrected chi connectivity index (χ4v) is 8.11. The molecule has 19 atom stereocenters. The van der Waals surface area contributed by atoms with Gasteiger partial charge in [-0.1, -0.05) is 86.8 Å². The maximum Gasteiger partial charge on any atom is 0.311 e. The zero-order chi connectivity index (χ0) is 48.4. The second-order valence-corrected chi connectivity index (χ2v) is 17.8. The Labute approximate surface area is 381 Å². The van der Waals surface area contributed by atoms with Crippen molar-refractivity contribution in [3.63, 3.8) is 0 Å². The van der Waals surface area contributed by atoms with E-state index in [0.717, 1.165) is 12.8 Å². The molecule has 2 saturated heterocycles. The van der Waals surface area contributed by atoms with Crippen LogP contribution < -0.4 is 5.73 Å². The minimum Gasteiger partial charge on any atom is -0.481 e. The molecular formula is C47H75NO17. The summed E-state index contributed by atoms with van der Waals surface area (Å²) in [5.41, 5.74) is 6.02. The number of carbonyl (C=O) groups is 2. The van der Waals surface area contributed by atoms with E-state index in [-0.39, 0.29) is 38.0 Å². The molecule has 0 aromatic heterocycles. The molecule has 13 N–H and O–H groups in total. The average Bonchev–Trinajstić information content (AvgIpc) is 3.21. The second kappa shape index (κ2) is 27.6. The van der Waals surface area contributed by atoms with Crippen molar-refractivity contribution in [2.24, 2.45) is 23.5 Å². The Kier molecular flexibility index (Phi) is 23.8. The number of cyclic esters (lactones) is 1. The number of rotatable bonds is 3. The van der Waals surface area contributed by atoms with Gasteiger partial charge in [-0.15, -0.1) is 0 Å². The van der Waals surface area contributed by atoms with E-state index in [1.165, 1.54) is 13.0 Å². The Bertz CT molecular complexity index is 1620. The van der Waals surface area contributed by atoms with Gasteiger partial charge in [0.25, 0.3) is 0 Å². The highest BCUT2D eigenvalue weighted by Crippen LogP contribution is 2.38. The summed E-state index contributed by atoms with van der Waals surface area (Å²) in [4.78, 5) is 25.1. The molecule has 3 heterocycles. The first-order valence-electron chi connectivity index (χ1n) is 22.6. The minimum absolute atomic E-state index is 0.138. The molecule has 5 unspecified atom stereocenters. The topological polar surface area (TPSA) is 320 Å². The third-order valence-electron chi connectivity index (χ3n) is 12.2. The van der Waals surface area contributed by atoms with Crippen LogP contribution in [0.5, 0.6) is 0 Å². The molecule has 18 nitrogen and oxygen atoms in total. The van der Waals surface area contributed by atoms with Gasteiger partial charge in [0.2, 0.25) is 0 Å². The summed E-state index contributed by atoms with van der Waals surface area (Å²) < 4.78 is 23.2. The van der Waals surface area contributed by atoms with Gasteiger partial charge in [0, 0.05) is 31.1 Å². The predicted molar refractivity (Wildman–Crippen MR) is 237 cm³/mol. The fraction of sp³-hybridized carbons (Fsp3) is 0.702. The summed E-state index contributed by atoms with van der Waals surface area (Å²) in [6, 6.07) is -1.14. The minimum atomic E-state index is -2.35. The standard InChI is InChI=1S/C47H75NO17/c1-27-17-15-13-11-9-7-5-6-8-10-12-14-16-18-34(64-46-44(58)41(48)43(57)30(4)63-46)24-38-40(45(59)60)37(54)26-47(61,65-38)25-36(53)35(52)20-19-31(49)21-32(50)22-33(51)23-39(55)62-29(3)28(2)42(27)56/h5-6,8,10-18,27-38,40-44,46,49-54,56-58,61H,7,9,19-26,48H2,1-4H3,(H,59,60)/b6-5+,10-8+,13-11+,14-12+,17-15+,18-16+/t27-,28-,29-,30?,31+,32+,33+,34-,35+,36+,37-,38-,40+,41?,42+,43?,44?,46?,47+/m0/s1. The van der Waals surface area contributed by atoms with E-state index in [1.807, 2.05) is 49.5 Å². The van der Waals surface area contributed by atoms with Crippen molar-refractivity contribution >= 4 is 11.9 Å². The van der Waals surface area contributed by atoms with Gasteiger partial charge in [-0.3, -0.25) is 9.59 Å². The van der Waals surface area contributed by atoms with Crippen LogP contribution in [0.15, 0.2) is 72.9 Å². The first kappa shape index (κ1) is 56.1. The largest absolute Gasteiger partial charge is 0.481 e. The molecule has 2 bridgehead atoms. The number of hydrogen-bond donors (Lipinski definition) is 12. The van der Waals surface area contributed by atoms with Crippen molar-refractivity contribution in [3.05, 3.63) is 72.9 Å². The number of aliphatic carboxylic acids is 1. The second-order valence-electron chi connectivity index (χ2n) is 17.8. The number of carbonyl (C=O) groups excluding carboxylic acids is 1. The molecule has 2 fully saturated rings. The van der Waals surface area contributed by atoms with Crippen LogP contribution in [0, 0.1) is 17.8 Å². The molecule has 65 heavy (non-hydrogen) atoms. The summed E-state index contributed by atoms with van der Waals surface area (Å²) in [5.74, 6) is -6.82. The average molecular weight is 926 g/mol. The number of allylic oxidation sites excluding steroid dienone is 10. The van der Waals surface area contributed by atoms with Crippen LogP contribution in [0.4, 0.5) is 0 Å².